The van der Waals surface area contributed by atoms with Crippen LogP contribution in [0.15, 0.2) is 24.5 Å². The first kappa shape index (κ1) is 9.76. The fraction of sp³-hybridized carbons (Fsp3) is 0.200. The molecule has 42 valence electrons. The third kappa shape index (κ3) is 10.7. The van der Waals surface area contributed by atoms with Gasteiger partial charge in [0.05, 0.1) is 6.26 Å². The Hall–Kier alpha value is -0.430. The number of hydrogen-bond acceptors (Lipinski definition) is 1. The zero-order valence-corrected chi connectivity index (χ0v) is 4.98. The van der Waals surface area contributed by atoms with E-state index in [1.807, 2.05) is 13.0 Å². The molecule has 0 unspecified atom stereocenters. The highest BCUT2D eigenvalue weighted by Crippen LogP contribution is 1.69. The van der Waals surface area contributed by atoms with Crippen LogP contribution < -0.4 is 0 Å². The van der Waals surface area contributed by atoms with Crippen molar-refractivity contribution in [2.75, 3.05) is 0 Å². The van der Waals surface area contributed by atoms with Crippen LogP contribution in [0, 0.1) is 0 Å². The average molecular weight is 121 g/mol. The predicted octanol–water partition coefficient (Wildman–Crippen LogP) is 2.06. The van der Waals surface area contributed by atoms with Gasteiger partial charge in [0.15, 0.2) is 0 Å². The molecular formula is C5H9ClO. The van der Waals surface area contributed by atoms with Crippen LogP contribution in [0.2, 0.25) is 0 Å². The molecule has 0 aliphatic rings. The molecule has 0 radical (unpaired) electrons. The lowest BCUT2D eigenvalue weighted by molar-refractivity contribution is 0.473. The van der Waals surface area contributed by atoms with Crippen LogP contribution in [-0.2, 0) is 0 Å². The van der Waals surface area contributed by atoms with E-state index in [2.05, 4.69) is 0 Å². The molecule has 0 aromatic heterocycles. The second-order valence-electron chi connectivity index (χ2n) is 0.867. The Morgan fingerprint density at radius 3 is 2.00 bits per heavy atom. The Morgan fingerprint density at radius 1 is 1.29 bits per heavy atom. The van der Waals surface area contributed by atoms with Crippen molar-refractivity contribution in [3.05, 3.63) is 24.5 Å². The topological polar surface area (TPSA) is 20.2 Å². The van der Waals surface area contributed by atoms with Gasteiger partial charge in [-0.25, -0.2) is 0 Å². The van der Waals surface area contributed by atoms with Gasteiger partial charge in [0.1, 0.15) is 0 Å². The summed E-state index contributed by atoms with van der Waals surface area (Å²) in [5, 5.41) is 7.97. The largest absolute Gasteiger partial charge is 0.516 e. The maximum absolute atomic E-state index is 7.97. The summed E-state index contributed by atoms with van der Waals surface area (Å²) in [5.41, 5.74) is 0. The standard InChI is InChI=1S/C5H8O.ClH/c1-2-3-4-5-6;/h2-6H,1H3;1H. The van der Waals surface area contributed by atoms with Gasteiger partial charge in [-0.15, -0.1) is 12.4 Å². The van der Waals surface area contributed by atoms with Crippen LogP contribution in [0.5, 0.6) is 0 Å². The molecule has 1 N–H and O–H groups in total. The Balaban J connectivity index is 0. The molecular weight excluding hydrogens is 112 g/mol. The Bertz CT molecular complexity index is 56.5. The minimum absolute atomic E-state index is 0. The quantitative estimate of drug-likeness (QED) is 0.415. The lowest BCUT2D eigenvalue weighted by atomic mass is 10.5. The molecule has 0 saturated carbocycles. The van der Waals surface area contributed by atoms with Crippen LogP contribution >= 0.6 is 12.4 Å². The van der Waals surface area contributed by atoms with Crippen molar-refractivity contribution in [1.82, 2.24) is 0 Å². The molecule has 0 spiro atoms. The van der Waals surface area contributed by atoms with Crippen LogP contribution in [0.25, 0.3) is 0 Å². The molecule has 0 rings (SSSR count). The Labute approximate surface area is 49.8 Å². The lowest BCUT2D eigenvalue weighted by Gasteiger charge is -1.63. The van der Waals surface area contributed by atoms with E-state index in [1.54, 1.807) is 12.2 Å². The van der Waals surface area contributed by atoms with Crippen molar-refractivity contribution < 1.29 is 5.11 Å². The summed E-state index contributed by atoms with van der Waals surface area (Å²) >= 11 is 0. The molecule has 0 aliphatic heterocycles. The van der Waals surface area contributed by atoms with Gasteiger partial charge in [-0.3, -0.25) is 0 Å². The van der Waals surface area contributed by atoms with E-state index in [-0.39, 0.29) is 12.4 Å². The first-order valence-corrected chi connectivity index (χ1v) is 1.84. The second kappa shape index (κ2) is 9.13. The minimum atomic E-state index is 0. The van der Waals surface area contributed by atoms with E-state index in [0.717, 1.165) is 6.26 Å². The van der Waals surface area contributed by atoms with Gasteiger partial charge in [0.2, 0.25) is 0 Å². The highest BCUT2D eigenvalue weighted by atomic mass is 35.5. The summed E-state index contributed by atoms with van der Waals surface area (Å²) in [6, 6.07) is 0. The van der Waals surface area contributed by atoms with Gasteiger partial charge >= 0.3 is 0 Å². The summed E-state index contributed by atoms with van der Waals surface area (Å²) in [4.78, 5) is 0. The molecule has 7 heavy (non-hydrogen) atoms. The molecule has 0 bridgehead atoms. The maximum Gasteiger partial charge on any atom is 0.0791 e. The maximum atomic E-state index is 7.97. The number of allylic oxidation sites excluding steroid dienone is 3. The van der Waals surface area contributed by atoms with Crippen molar-refractivity contribution in [3.8, 4) is 0 Å². The summed E-state index contributed by atoms with van der Waals surface area (Å²) in [5.74, 6) is 0. The van der Waals surface area contributed by atoms with Gasteiger partial charge in [-0.2, -0.15) is 0 Å². The van der Waals surface area contributed by atoms with Gasteiger partial charge in [0, 0.05) is 0 Å². The summed E-state index contributed by atoms with van der Waals surface area (Å²) in [6.07, 6.45) is 6.15. The molecule has 0 heterocycles. The highest BCUT2D eigenvalue weighted by molar-refractivity contribution is 5.85. The minimum Gasteiger partial charge on any atom is -0.516 e. The SMILES string of the molecule is CC=CC=CO.Cl. The van der Waals surface area contributed by atoms with E-state index in [4.69, 9.17) is 5.11 Å². The molecule has 1 nitrogen and oxygen atoms in total. The summed E-state index contributed by atoms with van der Waals surface area (Å²) < 4.78 is 0. The van der Waals surface area contributed by atoms with Crippen LogP contribution in [-0.4, -0.2) is 5.11 Å². The van der Waals surface area contributed by atoms with Crippen molar-refractivity contribution in [3.63, 3.8) is 0 Å². The first-order valence-electron chi connectivity index (χ1n) is 1.84. The molecule has 0 atom stereocenters. The lowest BCUT2D eigenvalue weighted by Crippen LogP contribution is -1.44. The van der Waals surface area contributed by atoms with Crippen molar-refractivity contribution in [2.45, 2.75) is 6.92 Å². The normalized spacial score (nSPS) is 9.86. The number of aliphatic hydroxyl groups is 1. The van der Waals surface area contributed by atoms with Gasteiger partial charge in [0.25, 0.3) is 0 Å². The van der Waals surface area contributed by atoms with Gasteiger partial charge < -0.3 is 5.11 Å². The third-order valence-corrected chi connectivity index (χ3v) is 0.390. The summed E-state index contributed by atoms with van der Waals surface area (Å²) in [7, 11) is 0. The van der Waals surface area contributed by atoms with Crippen molar-refractivity contribution in [1.29, 1.82) is 0 Å². The van der Waals surface area contributed by atoms with E-state index in [0.29, 0.717) is 0 Å². The second-order valence-corrected chi connectivity index (χ2v) is 0.867. The third-order valence-electron chi connectivity index (χ3n) is 0.390. The average Bonchev–Trinajstić information content (AvgIpc) is 1.61. The first-order chi connectivity index (χ1) is 2.91. The Kier molecular flexibility index (Phi) is 12.7. The smallest absolute Gasteiger partial charge is 0.0791 e. The molecule has 0 saturated heterocycles. The van der Waals surface area contributed by atoms with E-state index in [1.165, 1.54) is 0 Å². The van der Waals surface area contributed by atoms with Crippen molar-refractivity contribution >= 4 is 12.4 Å². The van der Waals surface area contributed by atoms with Crippen LogP contribution in [0.3, 0.4) is 0 Å². The number of aliphatic hydroxyl groups excluding tert-OH is 1. The fourth-order valence-electron chi connectivity index (χ4n) is 0.161. The molecule has 0 amide bonds. The predicted molar refractivity (Wildman–Crippen MR) is 33.8 cm³/mol. The molecule has 0 aliphatic carbocycles. The fourth-order valence-corrected chi connectivity index (χ4v) is 0.161. The number of hydrogen-bond donors (Lipinski definition) is 1. The Morgan fingerprint density at radius 2 is 1.86 bits per heavy atom. The molecule has 0 fully saturated rings. The van der Waals surface area contributed by atoms with Crippen LogP contribution in [0.4, 0.5) is 0 Å². The number of rotatable bonds is 1. The highest BCUT2D eigenvalue weighted by Gasteiger charge is 1.50. The molecule has 0 aromatic rings. The van der Waals surface area contributed by atoms with E-state index >= 15 is 0 Å². The molecule has 2 heteroatoms. The zero-order valence-electron chi connectivity index (χ0n) is 4.16. The van der Waals surface area contributed by atoms with Gasteiger partial charge in [-0.05, 0) is 13.0 Å². The zero-order chi connectivity index (χ0) is 4.83. The number of halogens is 1. The van der Waals surface area contributed by atoms with E-state index in [9.17, 15) is 0 Å². The monoisotopic (exact) mass is 120 g/mol. The van der Waals surface area contributed by atoms with Gasteiger partial charge in [-0.1, -0.05) is 12.2 Å². The van der Waals surface area contributed by atoms with E-state index < -0.39 is 0 Å². The van der Waals surface area contributed by atoms with Crippen LogP contribution in [0.1, 0.15) is 6.92 Å². The van der Waals surface area contributed by atoms with Crippen molar-refractivity contribution in [2.24, 2.45) is 0 Å². The molecule has 0 aromatic carbocycles. The summed E-state index contributed by atoms with van der Waals surface area (Å²) in [6.45, 7) is 1.89.